The van der Waals surface area contributed by atoms with Crippen LogP contribution in [0.1, 0.15) is 28.9 Å². The van der Waals surface area contributed by atoms with Crippen LogP contribution in [-0.2, 0) is 27.8 Å². The third kappa shape index (κ3) is 9.87. The first kappa shape index (κ1) is 36.9. The summed E-state index contributed by atoms with van der Waals surface area (Å²) in [6.07, 6.45) is 3.39. The number of fused-ring (bicyclic) bond motifs is 1. The van der Waals surface area contributed by atoms with Crippen molar-refractivity contribution in [1.29, 1.82) is 0 Å². The van der Waals surface area contributed by atoms with Crippen LogP contribution in [0.15, 0.2) is 105 Å². The van der Waals surface area contributed by atoms with Gasteiger partial charge in [0.25, 0.3) is 0 Å². The van der Waals surface area contributed by atoms with Crippen LogP contribution in [0.25, 0.3) is 10.8 Å². The lowest BCUT2D eigenvalue weighted by atomic mass is 10.1. The number of carboxylic acid groups (broad SMARTS) is 1. The van der Waals surface area contributed by atoms with Crippen LogP contribution in [0.5, 0.6) is 5.75 Å². The topological polar surface area (TPSA) is 143 Å². The third-order valence-electron chi connectivity index (χ3n) is 7.74. The number of aryl methyl sites for hydroxylation is 2. The van der Waals surface area contributed by atoms with E-state index in [9.17, 15) is 23.1 Å². The predicted molar refractivity (Wildman–Crippen MR) is 201 cm³/mol. The molecule has 262 valence electrons. The maximum Gasteiger partial charge on any atom is 0.358 e. The Morgan fingerprint density at radius 3 is 2.40 bits per heavy atom. The Bertz CT molecular complexity index is 2050. The third-order valence-corrected chi connectivity index (χ3v) is 10.8. The predicted octanol–water partition coefficient (Wildman–Crippen LogP) is 6.67. The second kappa shape index (κ2) is 17.0. The minimum atomic E-state index is -3.69. The van der Waals surface area contributed by atoms with E-state index >= 15 is 0 Å². The van der Waals surface area contributed by atoms with Gasteiger partial charge in [0.1, 0.15) is 5.75 Å². The van der Waals surface area contributed by atoms with Gasteiger partial charge in [-0.3, -0.25) is 9.48 Å². The van der Waals surface area contributed by atoms with Gasteiger partial charge in [-0.15, -0.1) is 11.8 Å². The Balaban J connectivity index is 1.05. The molecule has 0 spiro atoms. The number of anilines is 2. The van der Waals surface area contributed by atoms with Gasteiger partial charge in [0, 0.05) is 59.2 Å². The number of aromatic nitrogens is 2. The van der Waals surface area contributed by atoms with E-state index in [2.05, 4.69) is 31.1 Å². The number of aromatic carboxylic acids is 1. The lowest BCUT2D eigenvalue weighted by Crippen LogP contribution is -2.25. The molecule has 1 heterocycles. The second-order valence-corrected chi connectivity index (χ2v) is 15.3. The number of rotatable bonds is 17. The molecule has 14 heteroatoms. The molecule has 0 radical (unpaired) electrons. The number of carboxylic acids is 1. The summed E-state index contributed by atoms with van der Waals surface area (Å²) in [7, 11) is 0.174. The number of thioether (sulfide) groups is 1. The van der Waals surface area contributed by atoms with E-state index in [1.807, 2.05) is 91.8 Å². The van der Waals surface area contributed by atoms with Crippen molar-refractivity contribution in [3.05, 3.63) is 107 Å². The number of carbonyl (C=O) groups is 2. The van der Waals surface area contributed by atoms with E-state index in [4.69, 9.17) is 4.74 Å². The number of carbonyl (C=O) groups excluding carboxylic acids is 1. The number of benzene rings is 4. The quantitative estimate of drug-likeness (QED) is 0.0697. The molecule has 11 nitrogen and oxygen atoms in total. The van der Waals surface area contributed by atoms with Crippen LogP contribution in [0.4, 0.5) is 11.4 Å². The first-order valence-corrected chi connectivity index (χ1v) is 19.2. The molecule has 0 saturated carbocycles. The number of unbranched alkanes of at least 4 members (excludes halogenated alkanes) is 1. The Morgan fingerprint density at radius 2 is 1.68 bits per heavy atom. The van der Waals surface area contributed by atoms with Gasteiger partial charge in [-0.1, -0.05) is 52.3 Å². The minimum Gasteiger partial charge on any atom is -0.494 e. The van der Waals surface area contributed by atoms with Crippen molar-refractivity contribution >= 4 is 71.7 Å². The van der Waals surface area contributed by atoms with Crippen molar-refractivity contribution < 1.29 is 27.9 Å². The molecular weight excluding hydrogens is 742 g/mol. The van der Waals surface area contributed by atoms with Crippen molar-refractivity contribution in [2.75, 3.05) is 43.2 Å². The molecule has 0 aliphatic heterocycles. The smallest absolute Gasteiger partial charge is 0.358 e. The molecule has 0 unspecified atom stereocenters. The van der Waals surface area contributed by atoms with Crippen LogP contribution < -0.4 is 19.7 Å². The largest absolute Gasteiger partial charge is 0.494 e. The number of sulfonamides is 1. The molecule has 0 aliphatic rings. The van der Waals surface area contributed by atoms with Gasteiger partial charge in [0.15, 0.2) is 5.69 Å². The number of hydrogen-bond donors (Lipinski definition) is 3. The zero-order valence-corrected chi connectivity index (χ0v) is 30.9. The van der Waals surface area contributed by atoms with Crippen LogP contribution in [0, 0.1) is 0 Å². The first-order valence-electron chi connectivity index (χ1n) is 15.9. The summed E-state index contributed by atoms with van der Waals surface area (Å²) in [4.78, 5) is 27.4. The highest BCUT2D eigenvalue weighted by atomic mass is 79.9. The van der Waals surface area contributed by atoms with E-state index in [0.717, 1.165) is 26.0 Å². The van der Waals surface area contributed by atoms with Crippen LogP contribution >= 0.6 is 27.7 Å². The average molecular weight is 781 g/mol. The number of nitrogens with zero attached hydrogens (tertiary/aromatic N) is 3. The lowest BCUT2D eigenvalue weighted by Gasteiger charge is -2.17. The molecule has 5 aromatic rings. The molecule has 0 bridgehead atoms. The number of ether oxygens (including phenoxy) is 1. The first-order chi connectivity index (χ1) is 24.0. The number of halogens is 1. The van der Waals surface area contributed by atoms with Crippen LogP contribution in [0.2, 0.25) is 0 Å². The Labute approximate surface area is 304 Å². The molecule has 0 aliphatic carbocycles. The SMILES string of the molecule is CN(C)c1cccc2c(S(=O)(=O)NCCCCOc3ccc(CCn4cc(NC(=O)CSc5ccc(Br)cc5)c(C(=O)O)n4)cc3)cccc12. The molecular formula is C36H38BrN5O6S2. The Kier molecular flexibility index (Phi) is 12.6. The van der Waals surface area contributed by atoms with E-state index in [0.29, 0.717) is 50.1 Å². The van der Waals surface area contributed by atoms with Crippen molar-refractivity contribution in [3.63, 3.8) is 0 Å². The van der Waals surface area contributed by atoms with Crippen molar-refractivity contribution in [3.8, 4) is 5.75 Å². The molecule has 5 rings (SSSR count). The van der Waals surface area contributed by atoms with Gasteiger partial charge < -0.3 is 20.1 Å². The second-order valence-electron chi connectivity index (χ2n) is 11.6. The molecule has 4 aromatic carbocycles. The summed E-state index contributed by atoms with van der Waals surface area (Å²) >= 11 is 4.73. The van der Waals surface area contributed by atoms with E-state index in [1.54, 1.807) is 12.1 Å². The number of hydrogen-bond acceptors (Lipinski definition) is 8. The fourth-order valence-electron chi connectivity index (χ4n) is 5.24. The summed E-state index contributed by atoms with van der Waals surface area (Å²) in [6, 6.07) is 26.1. The molecule has 50 heavy (non-hydrogen) atoms. The minimum absolute atomic E-state index is 0.128. The number of amides is 1. The standard InChI is InChI=1S/C36H38BrN5O6S2/c1-41(2)32-9-5-8-30-29(32)7-6-10-33(30)50(46,47)38-20-3-4-22-48-27-15-11-25(12-16-27)19-21-42-23-31(35(40-42)36(44)45)39-34(43)24-49-28-17-13-26(37)14-18-28/h5-18,23,38H,3-4,19-22,24H2,1-2H3,(H,39,43)(H,44,45). The van der Waals surface area contributed by atoms with Crippen LogP contribution in [-0.4, -0.2) is 68.2 Å². The zero-order valence-electron chi connectivity index (χ0n) is 27.6. The zero-order chi connectivity index (χ0) is 35.7. The van der Waals surface area contributed by atoms with E-state index < -0.39 is 16.0 Å². The maximum absolute atomic E-state index is 13.1. The highest BCUT2D eigenvalue weighted by Gasteiger charge is 2.19. The molecule has 1 amide bonds. The normalized spacial score (nSPS) is 11.4. The summed E-state index contributed by atoms with van der Waals surface area (Å²) < 4.78 is 37.3. The van der Waals surface area contributed by atoms with Crippen LogP contribution in [0.3, 0.4) is 0 Å². The number of nitrogens with one attached hydrogen (secondary N) is 2. The molecule has 0 fully saturated rings. The summed E-state index contributed by atoms with van der Waals surface area (Å²) in [6.45, 7) is 1.14. The maximum atomic E-state index is 13.1. The highest BCUT2D eigenvalue weighted by Crippen LogP contribution is 2.30. The average Bonchev–Trinajstić information content (AvgIpc) is 3.51. The van der Waals surface area contributed by atoms with Gasteiger partial charge in [0.2, 0.25) is 15.9 Å². The van der Waals surface area contributed by atoms with Gasteiger partial charge in [-0.2, -0.15) is 5.10 Å². The fraction of sp³-hybridized carbons (Fsp3) is 0.250. The summed E-state index contributed by atoms with van der Waals surface area (Å²) in [5, 5.41) is 18.0. The van der Waals surface area contributed by atoms with Crippen molar-refractivity contribution in [2.24, 2.45) is 0 Å². The van der Waals surface area contributed by atoms with Gasteiger partial charge in [-0.25, -0.2) is 17.9 Å². The van der Waals surface area contributed by atoms with Crippen molar-refractivity contribution in [2.45, 2.75) is 35.6 Å². The van der Waals surface area contributed by atoms with Gasteiger partial charge in [0.05, 0.1) is 22.9 Å². The Hall–Kier alpha value is -4.37. The molecule has 0 saturated heterocycles. The molecule has 0 atom stereocenters. The monoisotopic (exact) mass is 779 g/mol. The van der Waals surface area contributed by atoms with Gasteiger partial charge >= 0.3 is 5.97 Å². The molecule has 3 N–H and O–H groups in total. The lowest BCUT2D eigenvalue weighted by molar-refractivity contribution is -0.113. The Morgan fingerprint density at radius 1 is 0.960 bits per heavy atom. The van der Waals surface area contributed by atoms with Gasteiger partial charge in [-0.05, 0) is 73.4 Å². The fourth-order valence-corrected chi connectivity index (χ4v) is 7.49. The molecule has 1 aromatic heterocycles. The van der Waals surface area contributed by atoms with E-state index in [1.165, 1.54) is 22.6 Å². The van der Waals surface area contributed by atoms with Crippen molar-refractivity contribution in [1.82, 2.24) is 14.5 Å². The summed E-state index contributed by atoms with van der Waals surface area (Å²) in [5.74, 6) is -0.720. The van der Waals surface area contributed by atoms with E-state index in [-0.39, 0.29) is 27.9 Å². The summed E-state index contributed by atoms with van der Waals surface area (Å²) in [5.41, 5.74) is 1.90. The highest BCUT2D eigenvalue weighted by molar-refractivity contribution is 9.10.